The highest BCUT2D eigenvalue weighted by atomic mass is 32.1. The highest BCUT2D eigenvalue weighted by molar-refractivity contribution is 7.14. The number of carbonyl (C=O) groups is 2. The summed E-state index contributed by atoms with van der Waals surface area (Å²) in [6.45, 7) is 0.976. The molecule has 100 valence electrons. The molecule has 6 heteroatoms. The van der Waals surface area contributed by atoms with Crippen LogP contribution in [-0.2, 0) is 4.79 Å². The maximum absolute atomic E-state index is 12.0. The molecule has 1 saturated heterocycles. The van der Waals surface area contributed by atoms with Crippen LogP contribution >= 0.6 is 11.3 Å². The lowest BCUT2D eigenvalue weighted by molar-refractivity contribution is -0.128. The molecule has 3 N–H and O–H groups in total. The molecule has 1 aromatic rings. The lowest BCUT2D eigenvalue weighted by Gasteiger charge is -2.11. The first-order valence-electron chi connectivity index (χ1n) is 5.96. The van der Waals surface area contributed by atoms with Crippen molar-refractivity contribution in [3.63, 3.8) is 0 Å². The van der Waals surface area contributed by atoms with E-state index in [-0.39, 0.29) is 11.8 Å². The second-order valence-electron chi connectivity index (χ2n) is 4.24. The van der Waals surface area contributed by atoms with Crippen molar-refractivity contribution >= 4 is 23.2 Å². The van der Waals surface area contributed by atoms with Gasteiger partial charge in [0.05, 0.1) is 16.3 Å². The minimum absolute atomic E-state index is 0.0342. The molecule has 0 aromatic carbocycles. The number of nitrogens with one attached hydrogen (secondary N) is 1. The van der Waals surface area contributed by atoms with Gasteiger partial charge in [-0.1, -0.05) is 11.8 Å². The molecular weight excluding hydrogens is 262 g/mol. The van der Waals surface area contributed by atoms with Crippen molar-refractivity contribution in [3.05, 3.63) is 21.9 Å². The van der Waals surface area contributed by atoms with Gasteiger partial charge in [-0.2, -0.15) is 0 Å². The fourth-order valence-corrected chi connectivity index (χ4v) is 2.63. The van der Waals surface area contributed by atoms with Crippen LogP contribution in [-0.4, -0.2) is 42.9 Å². The van der Waals surface area contributed by atoms with Crippen LogP contribution in [0.25, 0.3) is 0 Å². The van der Waals surface area contributed by atoms with Crippen molar-refractivity contribution in [2.45, 2.75) is 12.5 Å². The molecule has 19 heavy (non-hydrogen) atoms. The van der Waals surface area contributed by atoms with Gasteiger partial charge in [0.25, 0.3) is 5.91 Å². The Morgan fingerprint density at radius 1 is 1.63 bits per heavy atom. The van der Waals surface area contributed by atoms with Gasteiger partial charge in [-0.25, -0.2) is 0 Å². The number of nitrogens with zero attached hydrogens (tertiary/aromatic N) is 1. The van der Waals surface area contributed by atoms with Crippen LogP contribution < -0.4 is 11.1 Å². The molecule has 2 heterocycles. The van der Waals surface area contributed by atoms with Crippen LogP contribution in [0, 0.1) is 11.8 Å². The number of hydrogen-bond donors (Lipinski definition) is 2. The van der Waals surface area contributed by atoms with Gasteiger partial charge in [0.2, 0.25) is 5.91 Å². The zero-order valence-electron chi connectivity index (χ0n) is 10.6. The molecule has 0 bridgehead atoms. The minimum atomic E-state index is -0.404. The first kappa shape index (κ1) is 13.6. The van der Waals surface area contributed by atoms with Gasteiger partial charge in [0, 0.05) is 13.6 Å². The van der Waals surface area contributed by atoms with Crippen molar-refractivity contribution < 1.29 is 9.59 Å². The van der Waals surface area contributed by atoms with E-state index in [0.717, 1.165) is 4.88 Å². The second kappa shape index (κ2) is 5.87. The van der Waals surface area contributed by atoms with Crippen molar-refractivity contribution in [1.82, 2.24) is 10.2 Å². The van der Waals surface area contributed by atoms with E-state index < -0.39 is 6.04 Å². The number of thiophene rings is 1. The summed E-state index contributed by atoms with van der Waals surface area (Å²) >= 11 is 1.30. The van der Waals surface area contributed by atoms with E-state index >= 15 is 0 Å². The molecule has 2 amide bonds. The molecule has 0 aliphatic carbocycles. The first-order valence-corrected chi connectivity index (χ1v) is 6.78. The van der Waals surface area contributed by atoms with Gasteiger partial charge in [0.1, 0.15) is 6.04 Å². The number of amides is 2. The van der Waals surface area contributed by atoms with E-state index in [1.807, 2.05) is 0 Å². The Hall–Kier alpha value is -1.84. The molecule has 1 aliphatic rings. The summed E-state index contributed by atoms with van der Waals surface area (Å²) in [4.78, 5) is 26.7. The van der Waals surface area contributed by atoms with E-state index in [1.54, 1.807) is 24.1 Å². The summed E-state index contributed by atoms with van der Waals surface area (Å²) in [5.41, 5.74) is 5.29. The molecule has 1 atom stereocenters. The van der Waals surface area contributed by atoms with Gasteiger partial charge < -0.3 is 16.0 Å². The smallest absolute Gasteiger partial charge is 0.262 e. The Morgan fingerprint density at radius 2 is 2.42 bits per heavy atom. The van der Waals surface area contributed by atoms with E-state index in [2.05, 4.69) is 17.2 Å². The fourth-order valence-electron chi connectivity index (χ4n) is 1.85. The lowest BCUT2D eigenvalue weighted by Crippen LogP contribution is -2.40. The fraction of sp³-hybridized carbons (Fsp3) is 0.385. The zero-order valence-corrected chi connectivity index (χ0v) is 11.4. The predicted molar refractivity (Wildman–Crippen MR) is 73.8 cm³/mol. The summed E-state index contributed by atoms with van der Waals surface area (Å²) < 4.78 is 0. The summed E-state index contributed by atoms with van der Waals surface area (Å²) in [6.07, 6.45) is 0.659. The third-order valence-corrected chi connectivity index (χ3v) is 3.88. The molecule has 5 nitrogen and oxygen atoms in total. The number of carbonyl (C=O) groups excluding carboxylic acids is 2. The third kappa shape index (κ3) is 3.13. The molecule has 0 radical (unpaired) electrons. The van der Waals surface area contributed by atoms with Crippen LogP contribution in [0.5, 0.6) is 0 Å². The quantitative estimate of drug-likeness (QED) is 0.748. The topological polar surface area (TPSA) is 75.4 Å². The van der Waals surface area contributed by atoms with Gasteiger partial charge in [-0.3, -0.25) is 9.59 Å². The van der Waals surface area contributed by atoms with Crippen molar-refractivity contribution in [3.8, 4) is 11.8 Å². The van der Waals surface area contributed by atoms with Crippen LogP contribution in [0.15, 0.2) is 12.1 Å². The molecule has 1 unspecified atom stereocenters. The summed E-state index contributed by atoms with van der Waals surface area (Å²) in [5.74, 6) is 5.36. The largest absolute Gasteiger partial charge is 0.344 e. The Balaban J connectivity index is 2.00. The van der Waals surface area contributed by atoms with Crippen molar-refractivity contribution in [1.29, 1.82) is 0 Å². The summed E-state index contributed by atoms with van der Waals surface area (Å²) in [7, 11) is 1.74. The number of nitrogens with two attached hydrogens (primary N) is 1. The van der Waals surface area contributed by atoms with Gasteiger partial charge in [-0.05, 0) is 18.6 Å². The monoisotopic (exact) mass is 277 g/mol. The van der Waals surface area contributed by atoms with E-state index in [0.29, 0.717) is 24.4 Å². The molecule has 1 fully saturated rings. The van der Waals surface area contributed by atoms with Crippen LogP contribution in [0.2, 0.25) is 0 Å². The molecular formula is C13H15N3O2S. The van der Waals surface area contributed by atoms with Crippen LogP contribution in [0.1, 0.15) is 21.0 Å². The molecule has 1 aliphatic heterocycles. The molecule has 0 saturated carbocycles. The van der Waals surface area contributed by atoms with E-state index in [1.165, 1.54) is 11.3 Å². The lowest BCUT2D eigenvalue weighted by atomic mass is 10.2. The van der Waals surface area contributed by atoms with Crippen LogP contribution in [0.4, 0.5) is 0 Å². The second-order valence-corrected chi connectivity index (χ2v) is 5.33. The highest BCUT2D eigenvalue weighted by Gasteiger charge is 2.30. The van der Waals surface area contributed by atoms with E-state index in [9.17, 15) is 9.59 Å². The number of likely N-dealkylation sites (tertiary alicyclic amines) is 1. The maximum Gasteiger partial charge on any atom is 0.262 e. The predicted octanol–water partition coefficient (Wildman–Crippen LogP) is 0.0188. The Bertz CT molecular complexity index is 556. The first-order chi connectivity index (χ1) is 9.11. The molecule has 0 spiro atoms. The van der Waals surface area contributed by atoms with Gasteiger partial charge in [-0.15, -0.1) is 11.3 Å². The zero-order chi connectivity index (χ0) is 13.8. The van der Waals surface area contributed by atoms with Gasteiger partial charge in [0.15, 0.2) is 0 Å². The Labute approximate surface area is 115 Å². The third-order valence-electron chi connectivity index (χ3n) is 2.88. The molecule has 2 rings (SSSR count). The summed E-state index contributed by atoms with van der Waals surface area (Å²) in [5, 5.41) is 2.75. The highest BCUT2D eigenvalue weighted by Crippen LogP contribution is 2.16. The average molecular weight is 277 g/mol. The van der Waals surface area contributed by atoms with E-state index in [4.69, 9.17) is 5.73 Å². The Morgan fingerprint density at radius 3 is 3.05 bits per heavy atom. The maximum atomic E-state index is 12.0. The minimum Gasteiger partial charge on any atom is -0.344 e. The number of hydrogen-bond acceptors (Lipinski definition) is 4. The standard InChI is InChI=1S/C13H15N3O2S/c1-16-8-6-10(13(16)18)15-12(17)11-5-4-9(19-11)3-2-7-14/h4-5,10H,6-8,14H2,1H3,(H,15,17). The normalized spacial score (nSPS) is 18.1. The number of rotatable bonds is 2. The number of likely N-dealkylation sites (N-methyl/N-ethyl adjacent to an activating group) is 1. The SMILES string of the molecule is CN1CCC(NC(=O)c2ccc(C#CCN)s2)C1=O. The van der Waals surface area contributed by atoms with Crippen molar-refractivity contribution in [2.24, 2.45) is 5.73 Å². The summed E-state index contributed by atoms with van der Waals surface area (Å²) in [6, 6.07) is 3.09. The van der Waals surface area contributed by atoms with Crippen LogP contribution in [0.3, 0.4) is 0 Å². The Kier molecular flexibility index (Phi) is 4.20. The van der Waals surface area contributed by atoms with Gasteiger partial charge >= 0.3 is 0 Å². The van der Waals surface area contributed by atoms with Crippen molar-refractivity contribution in [2.75, 3.05) is 20.1 Å². The molecule has 1 aromatic heterocycles. The average Bonchev–Trinajstić information content (AvgIpc) is 2.98.